The monoisotopic (exact) mass is 258 g/mol. The van der Waals surface area contributed by atoms with Gasteiger partial charge in [-0.1, -0.05) is 49.4 Å². The Morgan fingerprint density at radius 3 is 2.17 bits per heavy atom. The van der Waals surface area contributed by atoms with Gasteiger partial charge in [-0.2, -0.15) is 0 Å². The van der Waals surface area contributed by atoms with E-state index < -0.39 is 0 Å². The van der Waals surface area contributed by atoms with Crippen LogP contribution in [0, 0.1) is 6.92 Å². The van der Waals surface area contributed by atoms with Crippen molar-refractivity contribution in [2.45, 2.75) is 13.8 Å². The molecule has 0 aliphatic carbocycles. The first kappa shape index (κ1) is 13.1. The van der Waals surface area contributed by atoms with Crippen molar-refractivity contribution in [1.82, 2.24) is 0 Å². The van der Waals surface area contributed by atoms with Crippen LogP contribution in [0.4, 0.5) is 0 Å². The van der Waals surface area contributed by atoms with Crippen molar-refractivity contribution < 1.29 is 4.74 Å². The molecule has 0 spiro atoms. The summed E-state index contributed by atoms with van der Waals surface area (Å²) in [6.45, 7) is 4.44. The van der Waals surface area contributed by atoms with Crippen LogP contribution in [0.15, 0.2) is 48.5 Å². The number of ether oxygens (including phenoxy) is 1. The summed E-state index contributed by atoms with van der Waals surface area (Å²) in [5, 5.41) is 2.80. The van der Waals surface area contributed by atoms with E-state index in [4.69, 9.17) is 4.74 Å². The summed E-state index contributed by atoms with van der Waals surface area (Å²) in [6, 6.07) is 17.0. The van der Waals surface area contributed by atoms with Crippen LogP contribution < -0.4 is 15.3 Å². The third kappa shape index (κ3) is 2.57. The SMILES string of the molecule is CCP(c1ccccc1C)c1ccccc1OC. The van der Waals surface area contributed by atoms with Crippen LogP contribution in [0.3, 0.4) is 0 Å². The Labute approximate surface area is 111 Å². The van der Waals surface area contributed by atoms with Crippen LogP contribution in [0.25, 0.3) is 0 Å². The summed E-state index contributed by atoms with van der Waals surface area (Å²) >= 11 is 0. The van der Waals surface area contributed by atoms with E-state index >= 15 is 0 Å². The van der Waals surface area contributed by atoms with E-state index in [0.29, 0.717) is 0 Å². The van der Waals surface area contributed by atoms with Crippen molar-refractivity contribution in [2.24, 2.45) is 0 Å². The maximum atomic E-state index is 5.51. The zero-order valence-electron chi connectivity index (χ0n) is 11.2. The molecule has 0 aromatic heterocycles. The van der Waals surface area contributed by atoms with Gasteiger partial charge in [-0.05, 0) is 37.9 Å². The van der Waals surface area contributed by atoms with Crippen molar-refractivity contribution in [2.75, 3.05) is 13.3 Å². The predicted octanol–water partition coefficient (Wildman–Crippen LogP) is 3.46. The number of hydrogen-bond acceptors (Lipinski definition) is 1. The quantitative estimate of drug-likeness (QED) is 0.763. The fourth-order valence-corrected chi connectivity index (χ4v) is 4.59. The molecular weight excluding hydrogens is 239 g/mol. The largest absolute Gasteiger partial charge is 0.496 e. The normalized spacial score (nSPS) is 12.2. The molecule has 0 saturated heterocycles. The van der Waals surface area contributed by atoms with Gasteiger partial charge in [0, 0.05) is 5.30 Å². The molecule has 0 amide bonds. The summed E-state index contributed by atoms with van der Waals surface area (Å²) in [4.78, 5) is 0. The number of methoxy groups -OCH3 is 1. The highest BCUT2D eigenvalue weighted by Gasteiger charge is 2.16. The zero-order valence-corrected chi connectivity index (χ0v) is 12.1. The molecule has 2 rings (SSSR count). The van der Waals surface area contributed by atoms with Crippen LogP contribution in [-0.2, 0) is 0 Å². The highest BCUT2D eigenvalue weighted by Crippen LogP contribution is 2.37. The molecule has 1 unspecified atom stereocenters. The molecule has 18 heavy (non-hydrogen) atoms. The van der Waals surface area contributed by atoms with Gasteiger partial charge in [0.25, 0.3) is 0 Å². The summed E-state index contributed by atoms with van der Waals surface area (Å²) in [5.41, 5.74) is 1.37. The minimum absolute atomic E-state index is 0.321. The Kier molecular flexibility index (Phi) is 4.38. The number of para-hydroxylation sites is 1. The molecule has 1 nitrogen and oxygen atoms in total. The van der Waals surface area contributed by atoms with Crippen LogP contribution in [0.5, 0.6) is 5.75 Å². The molecule has 0 N–H and O–H groups in total. The number of rotatable bonds is 4. The summed E-state index contributed by atoms with van der Waals surface area (Å²) in [5.74, 6) is 1.01. The smallest absolute Gasteiger partial charge is 0.126 e. The molecule has 0 radical (unpaired) electrons. The molecule has 1 atom stereocenters. The van der Waals surface area contributed by atoms with Crippen molar-refractivity contribution >= 4 is 18.5 Å². The standard InChI is InChI=1S/C16H19OP/c1-4-18(15-11-7-5-9-13(15)2)16-12-8-6-10-14(16)17-3/h5-12H,4H2,1-3H3. The van der Waals surface area contributed by atoms with Gasteiger partial charge in [0.2, 0.25) is 0 Å². The van der Waals surface area contributed by atoms with Crippen LogP contribution in [0.2, 0.25) is 0 Å². The van der Waals surface area contributed by atoms with E-state index in [0.717, 1.165) is 11.9 Å². The Morgan fingerprint density at radius 1 is 0.944 bits per heavy atom. The average molecular weight is 258 g/mol. The molecule has 0 aliphatic rings. The minimum Gasteiger partial charge on any atom is -0.496 e. The molecule has 2 aromatic carbocycles. The Hall–Kier alpha value is -1.33. The lowest BCUT2D eigenvalue weighted by Gasteiger charge is -2.21. The topological polar surface area (TPSA) is 9.23 Å². The molecule has 2 heteroatoms. The lowest BCUT2D eigenvalue weighted by atomic mass is 10.2. The zero-order chi connectivity index (χ0) is 13.0. The van der Waals surface area contributed by atoms with Gasteiger partial charge in [0.05, 0.1) is 7.11 Å². The van der Waals surface area contributed by atoms with Crippen molar-refractivity contribution in [3.8, 4) is 5.75 Å². The lowest BCUT2D eigenvalue weighted by Crippen LogP contribution is -2.17. The minimum atomic E-state index is -0.321. The predicted molar refractivity (Wildman–Crippen MR) is 80.9 cm³/mol. The van der Waals surface area contributed by atoms with Gasteiger partial charge in [-0.25, -0.2) is 0 Å². The maximum Gasteiger partial charge on any atom is 0.126 e. The van der Waals surface area contributed by atoms with Gasteiger partial charge in [-0.15, -0.1) is 0 Å². The second kappa shape index (κ2) is 6.02. The maximum absolute atomic E-state index is 5.51. The summed E-state index contributed by atoms with van der Waals surface area (Å²) < 4.78 is 5.51. The van der Waals surface area contributed by atoms with Crippen molar-refractivity contribution in [3.63, 3.8) is 0 Å². The summed E-state index contributed by atoms with van der Waals surface area (Å²) in [6.07, 6.45) is 1.14. The van der Waals surface area contributed by atoms with Gasteiger partial charge in [0.15, 0.2) is 0 Å². The van der Waals surface area contributed by atoms with Crippen molar-refractivity contribution in [1.29, 1.82) is 0 Å². The van der Waals surface area contributed by atoms with Gasteiger partial charge in [0.1, 0.15) is 5.75 Å². The second-order valence-corrected chi connectivity index (χ2v) is 6.65. The van der Waals surface area contributed by atoms with E-state index in [1.807, 2.05) is 6.07 Å². The van der Waals surface area contributed by atoms with Crippen molar-refractivity contribution in [3.05, 3.63) is 54.1 Å². The third-order valence-electron chi connectivity index (χ3n) is 3.10. The second-order valence-electron chi connectivity index (χ2n) is 4.20. The molecular formula is C16H19OP. The van der Waals surface area contributed by atoms with E-state index in [2.05, 4.69) is 56.3 Å². The van der Waals surface area contributed by atoms with Crippen LogP contribution >= 0.6 is 7.92 Å². The van der Waals surface area contributed by atoms with Gasteiger partial charge < -0.3 is 4.74 Å². The number of aryl methyl sites for hydroxylation is 1. The Balaban J connectivity index is 2.49. The fraction of sp³-hybridized carbons (Fsp3) is 0.250. The first-order valence-corrected chi connectivity index (χ1v) is 7.76. The first-order chi connectivity index (χ1) is 8.77. The van der Waals surface area contributed by atoms with E-state index in [1.165, 1.54) is 16.2 Å². The first-order valence-electron chi connectivity index (χ1n) is 6.24. The molecule has 0 aliphatic heterocycles. The van der Waals surface area contributed by atoms with Gasteiger partial charge in [-0.3, -0.25) is 0 Å². The van der Waals surface area contributed by atoms with E-state index in [-0.39, 0.29) is 7.92 Å². The molecule has 0 fully saturated rings. The van der Waals surface area contributed by atoms with Gasteiger partial charge >= 0.3 is 0 Å². The molecule has 2 aromatic rings. The molecule has 0 saturated carbocycles. The van der Waals surface area contributed by atoms with Crippen LogP contribution in [-0.4, -0.2) is 13.3 Å². The average Bonchev–Trinajstić information content (AvgIpc) is 2.42. The highest BCUT2D eigenvalue weighted by molar-refractivity contribution is 7.73. The molecule has 94 valence electrons. The Morgan fingerprint density at radius 2 is 1.56 bits per heavy atom. The highest BCUT2D eigenvalue weighted by atomic mass is 31.1. The number of benzene rings is 2. The fourth-order valence-electron chi connectivity index (χ4n) is 2.19. The molecule has 0 bridgehead atoms. The Bertz CT molecular complexity index is 522. The molecule has 0 heterocycles. The van der Waals surface area contributed by atoms with E-state index in [1.54, 1.807) is 7.11 Å². The summed E-state index contributed by atoms with van der Waals surface area (Å²) in [7, 11) is 1.43. The van der Waals surface area contributed by atoms with Crippen LogP contribution in [0.1, 0.15) is 12.5 Å². The lowest BCUT2D eigenvalue weighted by molar-refractivity contribution is 0.418. The third-order valence-corrected chi connectivity index (χ3v) is 5.77. The van der Waals surface area contributed by atoms with E-state index in [9.17, 15) is 0 Å². The number of hydrogen-bond donors (Lipinski definition) is 0.